The Morgan fingerprint density at radius 3 is 2.89 bits per heavy atom. The molecule has 0 fully saturated rings. The zero-order chi connectivity index (χ0) is 19.1. The predicted molar refractivity (Wildman–Crippen MR) is 102 cm³/mol. The fraction of sp³-hybridized carbons (Fsp3) is 0.300. The van der Waals surface area contributed by atoms with Gasteiger partial charge in [0.2, 0.25) is 11.8 Å². The number of rotatable bonds is 8. The Morgan fingerprint density at radius 2 is 2.04 bits per heavy atom. The van der Waals surface area contributed by atoms with Crippen LogP contribution in [0.5, 0.6) is 5.88 Å². The van der Waals surface area contributed by atoms with Crippen molar-refractivity contribution in [2.24, 2.45) is 0 Å². The lowest BCUT2D eigenvalue weighted by molar-refractivity contribution is -0.121. The molecule has 0 bridgehead atoms. The van der Waals surface area contributed by atoms with E-state index in [-0.39, 0.29) is 24.6 Å². The smallest absolute Gasteiger partial charge is 0.261 e. The molecule has 0 aliphatic heterocycles. The fourth-order valence-electron chi connectivity index (χ4n) is 2.62. The summed E-state index contributed by atoms with van der Waals surface area (Å²) in [6.45, 7) is 2.87. The van der Waals surface area contributed by atoms with Crippen LogP contribution in [0.1, 0.15) is 25.3 Å². The summed E-state index contributed by atoms with van der Waals surface area (Å²) < 4.78 is 6.97. The van der Waals surface area contributed by atoms with Crippen LogP contribution in [-0.2, 0) is 17.9 Å². The number of para-hydroxylation sites is 1. The van der Waals surface area contributed by atoms with E-state index in [0.29, 0.717) is 23.4 Å². The Kier molecular flexibility index (Phi) is 6.14. The van der Waals surface area contributed by atoms with Crippen LogP contribution in [-0.4, -0.2) is 27.0 Å². The van der Waals surface area contributed by atoms with Gasteiger partial charge in [0.15, 0.2) is 0 Å². The SMILES string of the molecule is CCCCOc1ncccc1CNC(=O)Cn1cnc2ccccc2c1=O. The zero-order valence-corrected chi connectivity index (χ0v) is 15.2. The molecule has 7 heteroatoms. The van der Waals surface area contributed by atoms with Crippen LogP contribution in [0, 0.1) is 0 Å². The van der Waals surface area contributed by atoms with Gasteiger partial charge in [0.05, 0.1) is 23.8 Å². The summed E-state index contributed by atoms with van der Waals surface area (Å²) in [6, 6.07) is 10.7. The molecule has 3 aromatic rings. The summed E-state index contributed by atoms with van der Waals surface area (Å²) in [5.74, 6) is 0.244. The first-order valence-electron chi connectivity index (χ1n) is 8.96. The first-order chi connectivity index (χ1) is 13.2. The van der Waals surface area contributed by atoms with Gasteiger partial charge < -0.3 is 10.1 Å². The van der Waals surface area contributed by atoms with Crippen molar-refractivity contribution in [1.82, 2.24) is 19.9 Å². The van der Waals surface area contributed by atoms with Gasteiger partial charge >= 0.3 is 0 Å². The average Bonchev–Trinajstić information content (AvgIpc) is 2.70. The van der Waals surface area contributed by atoms with Gasteiger partial charge in [-0.3, -0.25) is 14.2 Å². The first-order valence-corrected chi connectivity index (χ1v) is 8.96. The number of pyridine rings is 1. The van der Waals surface area contributed by atoms with E-state index in [9.17, 15) is 9.59 Å². The summed E-state index contributed by atoms with van der Waals surface area (Å²) in [5.41, 5.74) is 1.18. The van der Waals surface area contributed by atoms with Crippen LogP contribution in [0.4, 0.5) is 0 Å². The standard InChI is InChI=1S/C20H22N4O3/c1-2-3-11-27-19-15(7-6-10-21-19)12-22-18(25)13-24-14-23-17-9-5-4-8-16(17)20(24)26/h4-10,14H,2-3,11-13H2,1H3,(H,22,25). The second-order valence-electron chi connectivity index (χ2n) is 6.14. The van der Waals surface area contributed by atoms with Crippen LogP contribution < -0.4 is 15.6 Å². The van der Waals surface area contributed by atoms with Gasteiger partial charge in [-0.05, 0) is 24.6 Å². The van der Waals surface area contributed by atoms with Crippen molar-refractivity contribution in [3.8, 4) is 5.88 Å². The number of amides is 1. The summed E-state index contributed by atoms with van der Waals surface area (Å²) in [5, 5.41) is 3.30. The van der Waals surface area contributed by atoms with Crippen LogP contribution in [0.15, 0.2) is 53.7 Å². The molecule has 0 saturated heterocycles. The largest absolute Gasteiger partial charge is 0.477 e. The molecule has 1 N–H and O–H groups in total. The molecular weight excluding hydrogens is 344 g/mol. The third-order valence-corrected chi connectivity index (χ3v) is 4.11. The van der Waals surface area contributed by atoms with Gasteiger partial charge in [-0.2, -0.15) is 0 Å². The summed E-state index contributed by atoms with van der Waals surface area (Å²) in [6.07, 6.45) is 5.04. The van der Waals surface area contributed by atoms with E-state index in [1.807, 2.05) is 12.1 Å². The lowest BCUT2D eigenvalue weighted by Crippen LogP contribution is -2.32. The van der Waals surface area contributed by atoms with Gasteiger partial charge in [-0.25, -0.2) is 9.97 Å². The Morgan fingerprint density at radius 1 is 1.19 bits per heavy atom. The minimum atomic E-state index is -0.280. The predicted octanol–water partition coefficient (Wildman–Crippen LogP) is 2.29. The van der Waals surface area contributed by atoms with E-state index in [1.54, 1.807) is 30.5 Å². The molecule has 0 saturated carbocycles. The molecule has 0 radical (unpaired) electrons. The maximum atomic E-state index is 12.5. The number of ether oxygens (including phenoxy) is 1. The number of nitrogens with zero attached hydrogens (tertiary/aromatic N) is 3. The topological polar surface area (TPSA) is 86.1 Å². The van der Waals surface area contributed by atoms with E-state index in [1.165, 1.54) is 10.9 Å². The number of unbranched alkanes of at least 4 members (excludes halogenated alkanes) is 1. The number of aromatic nitrogens is 3. The minimum Gasteiger partial charge on any atom is -0.477 e. The van der Waals surface area contributed by atoms with Crippen molar-refractivity contribution in [3.05, 3.63) is 64.8 Å². The number of carbonyl (C=O) groups is 1. The molecule has 2 heterocycles. The van der Waals surface area contributed by atoms with Crippen molar-refractivity contribution in [2.45, 2.75) is 32.9 Å². The number of carbonyl (C=O) groups excluding carboxylic acids is 1. The maximum absolute atomic E-state index is 12.5. The van der Waals surface area contributed by atoms with Gasteiger partial charge in [0.25, 0.3) is 5.56 Å². The first kappa shape index (κ1) is 18.6. The molecule has 2 aromatic heterocycles. The molecular formula is C20H22N4O3. The molecule has 1 aromatic carbocycles. The fourth-order valence-corrected chi connectivity index (χ4v) is 2.62. The molecule has 7 nitrogen and oxygen atoms in total. The van der Waals surface area contributed by atoms with Gasteiger partial charge in [0, 0.05) is 18.3 Å². The number of fused-ring (bicyclic) bond motifs is 1. The molecule has 0 aliphatic carbocycles. The highest BCUT2D eigenvalue weighted by Gasteiger charge is 2.10. The van der Waals surface area contributed by atoms with E-state index in [4.69, 9.17) is 4.74 Å². The molecule has 27 heavy (non-hydrogen) atoms. The van der Waals surface area contributed by atoms with Gasteiger partial charge in [-0.15, -0.1) is 0 Å². The van der Waals surface area contributed by atoms with E-state index in [2.05, 4.69) is 22.2 Å². The van der Waals surface area contributed by atoms with Crippen molar-refractivity contribution >= 4 is 16.8 Å². The summed E-state index contributed by atoms with van der Waals surface area (Å²) in [4.78, 5) is 33.2. The minimum absolute atomic E-state index is 0.0943. The van der Waals surface area contributed by atoms with E-state index >= 15 is 0 Å². The monoisotopic (exact) mass is 366 g/mol. The van der Waals surface area contributed by atoms with Crippen LogP contribution in [0.3, 0.4) is 0 Å². The number of hydrogen-bond donors (Lipinski definition) is 1. The maximum Gasteiger partial charge on any atom is 0.261 e. The Labute approximate surface area is 157 Å². The molecule has 0 aliphatic rings. The van der Waals surface area contributed by atoms with Crippen molar-refractivity contribution < 1.29 is 9.53 Å². The third-order valence-electron chi connectivity index (χ3n) is 4.11. The third kappa shape index (κ3) is 4.69. The molecule has 0 spiro atoms. The van der Waals surface area contributed by atoms with Gasteiger partial charge in [0.1, 0.15) is 6.54 Å². The molecule has 140 valence electrons. The Balaban J connectivity index is 1.64. The molecule has 1 amide bonds. The Hall–Kier alpha value is -3.22. The van der Waals surface area contributed by atoms with Crippen LogP contribution >= 0.6 is 0 Å². The number of benzene rings is 1. The lowest BCUT2D eigenvalue weighted by Gasteiger charge is -2.11. The van der Waals surface area contributed by atoms with Crippen molar-refractivity contribution in [2.75, 3.05) is 6.61 Å². The van der Waals surface area contributed by atoms with Crippen LogP contribution in [0.2, 0.25) is 0 Å². The molecule has 3 rings (SSSR count). The highest BCUT2D eigenvalue weighted by Crippen LogP contribution is 2.14. The quantitative estimate of drug-likeness (QED) is 0.618. The second kappa shape index (κ2) is 8.93. The number of hydrogen-bond acceptors (Lipinski definition) is 5. The van der Waals surface area contributed by atoms with Crippen molar-refractivity contribution in [1.29, 1.82) is 0 Å². The number of nitrogens with one attached hydrogen (secondary N) is 1. The highest BCUT2D eigenvalue weighted by molar-refractivity contribution is 5.78. The van der Waals surface area contributed by atoms with E-state index in [0.717, 1.165) is 18.4 Å². The van der Waals surface area contributed by atoms with Crippen molar-refractivity contribution in [3.63, 3.8) is 0 Å². The summed E-state index contributed by atoms with van der Waals surface area (Å²) >= 11 is 0. The highest BCUT2D eigenvalue weighted by atomic mass is 16.5. The molecule has 0 unspecified atom stereocenters. The normalized spacial score (nSPS) is 10.7. The molecule has 0 atom stereocenters. The second-order valence-corrected chi connectivity index (χ2v) is 6.14. The Bertz CT molecular complexity index is 984. The lowest BCUT2D eigenvalue weighted by atomic mass is 10.2. The summed E-state index contributed by atoms with van der Waals surface area (Å²) in [7, 11) is 0. The average molecular weight is 366 g/mol. The van der Waals surface area contributed by atoms with Crippen LogP contribution in [0.25, 0.3) is 10.9 Å². The zero-order valence-electron chi connectivity index (χ0n) is 15.2. The van der Waals surface area contributed by atoms with Gasteiger partial charge in [-0.1, -0.05) is 31.5 Å². The van der Waals surface area contributed by atoms with E-state index < -0.39 is 0 Å².